The van der Waals surface area contributed by atoms with Gasteiger partial charge in [-0.3, -0.25) is 4.21 Å². The van der Waals surface area contributed by atoms with Gasteiger partial charge in [-0.25, -0.2) is 0 Å². The molecule has 3 heteroatoms. The molecule has 3 atom stereocenters. The van der Waals surface area contributed by atoms with Crippen LogP contribution in [0.5, 0.6) is 0 Å². The van der Waals surface area contributed by atoms with Crippen molar-refractivity contribution in [1.29, 1.82) is 0 Å². The molecule has 0 amide bonds. The molecular formula is C9H19NOS. The second kappa shape index (κ2) is 4.97. The highest BCUT2D eigenvalue weighted by atomic mass is 32.2. The van der Waals surface area contributed by atoms with Crippen molar-refractivity contribution in [1.82, 2.24) is 5.32 Å². The Morgan fingerprint density at radius 1 is 1.50 bits per heavy atom. The van der Waals surface area contributed by atoms with Crippen LogP contribution >= 0.6 is 0 Å². The summed E-state index contributed by atoms with van der Waals surface area (Å²) in [6.07, 6.45) is 4.77. The van der Waals surface area contributed by atoms with Gasteiger partial charge in [-0.05, 0) is 26.3 Å². The minimum absolute atomic E-state index is 0.459. The van der Waals surface area contributed by atoms with E-state index >= 15 is 0 Å². The molecule has 1 aliphatic carbocycles. The number of rotatable bonds is 3. The molecule has 12 heavy (non-hydrogen) atoms. The molecule has 0 spiro atoms. The van der Waals surface area contributed by atoms with Gasteiger partial charge in [0.05, 0.1) is 0 Å². The fraction of sp³-hybridized carbons (Fsp3) is 1.00. The van der Waals surface area contributed by atoms with Gasteiger partial charge in [-0.1, -0.05) is 13.3 Å². The van der Waals surface area contributed by atoms with Crippen molar-refractivity contribution in [3.63, 3.8) is 0 Å². The highest BCUT2D eigenvalue weighted by Gasteiger charge is 2.23. The summed E-state index contributed by atoms with van der Waals surface area (Å²) in [6.45, 7) is 2.01. The van der Waals surface area contributed by atoms with Crippen molar-refractivity contribution in [2.45, 2.75) is 43.9 Å². The molecular weight excluding hydrogens is 170 g/mol. The van der Waals surface area contributed by atoms with Gasteiger partial charge in [0.1, 0.15) is 0 Å². The monoisotopic (exact) mass is 189 g/mol. The summed E-state index contributed by atoms with van der Waals surface area (Å²) in [7, 11) is 1.43. The van der Waals surface area contributed by atoms with Crippen molar-refractivity contribution in [2.75, 3.05) is 12.8 Å². The van der Waals surface area contributed by atoms with Gasteiger partial charge in [-0.2, -0.15) is 0 Å². The smallest absolute Gasteiger partial charge is 0.0362 e. The molecule has 1 fully saturated rings. The zero-order valence-corrected chi connectivity index (χ0v) is 8.82. The molecule has 72 valence electrons. The van der Waals surface area contributed by atoms with E-state index in [2.05, 4.69) is 5.32 Å². The van der Waals surface area contributed by atoms with E-state index in [1.54, 1.807) is 0 Å². The summed E-state index contributed by atoms with van der Waals surface area (Å²) in [5.74, 6) is 0.821. The van der Waals surface area contributed by atoms with Gasteiger partial charge in [0.25, 0.3) is 0 Å². The number of hydrogen-bond donors (Lipinski definition) is 1. The molecule has 0 saturated heterocycles. The van der Waals surface area contributed by atoms with E-state index in [-0.39, 0.29) is 0 Å². The average molecular weight is 189 g/mol. The molecule has 0 aliphatic heterocycles. The van der Waals surface area contributed by atoms with E-state index in [0.29, 0.717) is 11.3 Å². The number of hydrogen-bond acceptors (Lipinski definition) is 2. The van der Waals surface area contributed by atoms with Crippen molar-refractivity contribution in [2.24, 2.45) is 0 Å². The topological polar surface area (TPSA) is 29.1 Å². The largest absolute Gasteiger partial charge is 0.317 e. The lowest BCUT2D eigenvalue weighted by Gasteiger charge is -2.27. The molecule has 0 aromatic heterocycles. The lowest BCUT2D eigenvalue weighted by atomic mass is 9.95. The Morgan fingerprint density at radius 2 is 2.25 bits per heavy atom. The molecule has 2 nitrogen and oxygen atoms in total. The summed E-state index contributed by atoms with van der Waals surface area (Å²) >= 11 is 0. The highest BCUT2D eigenvalue weighted by Crippen LogP contribution is 2.22. The molecule has 1 aliphatic rings. The third kappa shape index (κ3) is 2.56. The Bertz CT molecular complexity index is 161. The summed E-state index contributed by atoms with van der Waals surface area (Å²) < 4.78 is 11.5. The van der Waals surface area contributed by atoms with Gasteiger partial charge in [0.2, 0.25) is 0 Å². The second-order valence-electron chi connectivity index (χ2n) is 3.44. The fourth-order valence-electron chi connectivity index (χ4n) is 1.88. The van der Waals surface area contributed by atoms with Crippen LogP contribution in [0.1, 0.15) is 32.6 Å². The lowest BCUT2D eigenvalue weighted by Crippen LogP contribution is -2.35. The Kier molecular flexibility index (Phi) is 4.22. The first-order chi connectivity index (χ1) is 5.77. The molecule has 0 aromatic rings. The molecule has 0 heterocycles. The number of nitrogens with one attached hydrogen (secondary N) is 1. The van der Waals surface area contributed by atoms with Crippen LogP contribution in [-0.4, -0.2) is 28.3 Å². The van der Waals surface area contributed by atoms with E-state index in [9.17, 15) is 4.21 Å². The minimum Gasteiger partial charge on any atom is -0.317 e. The Morgan fingerprint density at radius 3 is 2.83 bits per heavy atom. The lowest BCUT2D eigenvalue weighted by molar-refractivity contribution is 0.398. The Hall–Kier alpha value is 0.110. The van der Waals surface area contributed by atoms with Crippen LogP contribution in [-0.2, 0) is 10.8 Å². The summed E-state index contributed by atoms with van der Waals surface area (Å²) in [5, 5.41) is 3.74. The zero-order chi connectivity index (χ0) is 8.97. The molecule has 3 unspecified atom stereocenters. The van der Waals surface area contributed by atoms with Crippen LogP contribution in [0.2, 0.25) is 0 Å². The average Bonchev–Trinajstić information content (AvgIpc) is 2.17. The maximum Gasteiger partial charge on any atom is 0.0362 e. The Balaban J connectivity index is 2.40. The quantitative estimate of drug-likeness (QED) is 0.725. The van der Waals surface area contributed by atoms with Gasteiger partial charge in [0, 0.05) is 27.8 Å². The van der Waals surface area contributed by atoms with Crippen LogP contribution in [0.4, 0.5) is 0 Å². The molecule has 1 N–H and O–H groups in total. The normalized spacial score (nSPS) is 33.2. The zero-order valence-electron chi connectivity index (χ0n) is 8.01. The van der Waals surface area contributed by atoms with Gasteiger partial charge in [0.15, 0.2) is 0 Å². The predicted molar refractivity (Wildman–Crippen MR) is 53.8 cm³/mol. The van der Waals surface area contributed by atoms with Crippen LogP contribution in [0.3, 0.4) is 0 Å². The SMILES string of the molecule is CCS(=O)C1CCCC(NC)C1. The third-order valence-corrected chi connectivity index (χ3v) is 4.43. The molecule has 0 aromatic carbocycles. The fourth-order valence-corrected chi connectivity index (χ4v) is 3.23. The maximum atomic E-state index is 11.5. The van der Waals surface area contributed by atoms with Crippen molar-refractivity contribution >= 4 is 10.8 Å². The first-order valence-electron chi connectivity index (χ1n) is 4.82. The minimum atomic E-state index is -0.576. The highest BCUT2D eigenvalue weighted by molar-refractivity contribution is 7.85. The van der Waals surface area contributed by atoms with E-state index in [0.717, 1.165) is 12.2 Å². The van der Waals surface area contributed by atoms with Crippen LogP contribution in [0.25, 0.3) is 0 Å². The second-order valence-corrected chi connectivity index (χ2v) is 5.45. The van der Waals surface area contributed by atoms with Crippen molar-refractivity contribution in [3.8, 4) is 0 Å². The summed E-state index contributed by atoms with van der Waals surface area (Å²) in [5.41, 5.74) is 0. The predicted octanol–water partition coefficient (Wildman–Crippen LogP) is 1.29. The first-order valence-corrected chi connectivity index (χ1v) is 6.20. The van der Waals surface area contributed by atoms with Crippen molar-refractivity contribution < 1.29 is 4.21 Å². The van der Waals surface area contributed by atoms with E-state index in [1.165, 1.54) is 19.3 Å². The molecule has 1 saturated carbocycles. The summed E-state index contributed by atoms with van der Waals surface area (Å²) in [4.78, 5) is 0. The van der Waals surface area contributed by atoms with Gasteiger partial charge in [-0.15, -0.1) is 0 Å². The molecule has 1 rings (SSSR count). The maximum absolute atomic E-state index is 11.5. The first kappa shape index (κ1) is 10.2. The van der Waals surface area contributed by atoms with Gasteiger partial charge < -0.3 is 5.32 Å². The molecule has 0 radical (unpaired) electrons. The third-order valence-electron chi connectivity index (χ3n) is 2.69. The van der Waals surface area contributed by atoms with Crippen molar-refractivity contribution in [3.05, 3.63) is 0 Å². The summed E-state index contributed by atoms with van der Waals surface area (Å²) in [6, 6.07) is 0.610. The molecule has 0 bridgehead atoms. The van der Waals surface area contributed by atoms with Crippen LogP contribution < -0.4 is 5.32 Å². The standard InChI is InChI=1S/C9H19NOS/c1-3-12(11)9-6-4-5-8(7-9)10-2/h8-10H,3-7H2,1-2H3. The van der Waals surface area contributed by atoms with E-state index in [4.69, 9.17) is 0 Å². The van der Waals surface area contributed by atoms with Crippen LogP contribution in [0, 0.1) is 0 Å². The van der Waals surface area contributed by atoms with E-state index < -0.39 is 10.8 Å². The van der Waals surface area contributed by atoms with Gasteiger partial charge >= 0.3 is 0 Å². The van der Waals surface area contributed by atoms with E-state index in [1.807, 2.05) is 14.0 Å². The van der Waals surface area contributed by atoms with Crippen LogP contribution in [0.15, 0.2) is 0 Å². The Labute approximate surface area is 77.6 Å².